The Bertz CT molecular complexity index is 475. The molecule has 0 aliphatic rings. The van der Waals surface area contributed by atoms with Crippen LogP contribution in [0.5, 0.6) is 0 Å². The third kappa shape index (κ3) is 1.97. The second kappa shape index (κ2) is 4.45. The molecule has 1 N–H and O–H groups in total. The summed E-state index contributed by atoms with van der Waals surface area (Å²) >= 11 is 0. The zero-order chi connectivity index (χ0) is 11.5. The van der Waals surface area contributed by atoms with Crippen LogP contribution in [-0.2, 0) is 7.05 Å². The van der Waals surface area contributed by atoms with Crippen LogP contribution in [0.3, 0.4) is 0 Å². The molecular formula is C12H16N4. The highest BCUT2D eigenvalue weighted by Crippen LogP contribution is 2.20. The normalized spacial score (nSPS) is 12.7. The number of hydrogen-bond acceptors (Lipinski definition) is 3. The molecule has 1 atom stereocenters. The van der Waals surface area contributed by atoms with Crippen LogP contribution in [-0.4, -0.2) is 21.6 Å². The highest BCUT2D eigenvalue weighted by molar-refractivity contribution is 5.27. The molecule has 0 aromatic carbocycles. The SMILES string of the molecule is CNC(c1cncc(C)c1)c1cncn1C. The molecule has 16 heavy (non-hydrogen) atoms. The summed E-state index contributed by atoms with van der Waals surface area (Å²) in [5.41, 5.74) is 3.46. The third-order valence-electron chi connectivity index (χ3n) is 2.67. The van der Waals surface area contributed by atoms with E-state index in [0.29, 0.717) is 0 Å². The van der Waals surface area contributed by atoms with Crippen molar-refractivity contribution in [1.82, 2.24) is 19.9 Å². The fourth-order valence-electron chi connectivity index (χ4n) is 1.87. The quantitative estimate of drug-likeness (QED) is 0.844. The predicted molar refractivity (Wildman–Crippen MR) is 63.1 cm³/mol. The number of pyridine rings is 1. The summed E-state index contributed by atoms with van der Waals surface area (Å²) in [6, 6.07) is 2.28. The van der Waals surface area contributed by atoms with Crippen LogP contribution in [0.4, 0.5) is 0 Å². The van der Waals surface area contributed by atoms with Gasteiger partial charge in [-0.2, -0.15) is 0 Å². The first-order valence-electron chi connectivity index (χ1n) is 5.27. The Morgan fingerprint density at radius 1 is 1.25 bits per heavy atom. The fraction of sp³-hybridized carbons (Fsp3) is 0.333. The Hall–Kier alpha value is -1.68. The lowest BCUT2D eigenvalue weighted by Crippen LogP contribution is -2.20. The molecule has 0 saturated carbocycles. The van der Waals surface area contributed by atoms with Gasteiger partial charge in [-0.1, -0.05) is 6.07 Å². The van der Waals surface area contributed by atoms with Crippen LogP contribution in [0.2, 0.25) is 0 Å². The zero-order valence-corrected chi connectivity index (χ0v) is 9.81. The first-order valence-corrected chi connectivity index (χ1v) is 5.27. The zero-order valence-electron chi connectivity index (χ0n) is 9.81. The molecule has 4 nitrogen and oxygen atoms in total. The minimum Gasteiger partial charge on any atom is -0.336 e. The lowest BCUT2D eigenvalue weighted by Gasteiger charge is -2.17. The summed E-state index contributed by atoms with van der Waals surface area (Å²) in [4.78, 5) is 8.36. The summed E-state index contributed by atoms with van der Waals surface area (Å²) in [6.45, 7) is 2.05. The average Bonchev–Trinajstić information content (AvgIpc) is 2.67. The number of aromatic nitrogens is 3. The number of hydrogen-bond donors (Lipinski definition) is 1. The van der Waals surface area contributed by atoms with Crippen molar-refractivity contribution in [2.75, 3.05) is 7.05 Å². The molecule has 2 heterocycles. The molecule has 0 fully saturated rings. The lowest BCUT2D eigenvalue weighted by atomic mass is 10.1. The van der Waals surface area contributed by atoms with Gasteiger partial charge in [0, 0.05) is 19.4 Å². The van der Waals surface area contributed by atoms with E-state index in [1.165, 1.54) is 5.56 Å². The van der Waals surface area contributed by atoms with Gasteiger partial charge in [0.1, 0.15) is 0 Å². The Morgan fingerprint density at radius 3 is 2.62 bits per heavy atom. The molecule has 2 aromatic rings. The third-order valence-corrected chi connectivity index (χ3v) is 2.67. The van der Waals surface area contributed by atoms with Crippen LogP contribution in [0, 0.1) is 6.92 Å². The molecule has 84 valence electrons. The minimum absolute atomic E-state index is 0.139. The Kier molecular flexibility index (Phi) is 3.01. The van der Waals surface area contributed by atoms with Crippen molar-refractivity contribution in [3.63, 3.8) is 0 Å². The number of rotatable bonds is 3. The van der Waals surface area contributed by atoms with E-state index < -0.39 is 0 Å². The van der Waals surface area contributed by atoms with E-state index in [0.717, 1.165) is 11.3 Å². The van der Waals surface area contributed by atoms with Crippen molar-refractivity contribution in [3.8, 4) is 0 Å². The summed E-state index contributed by atoms with van der Waals surface area (Å²) in [6.07, 6.45) is 7.44. The summed E-state index contributed by atoms with van der Waals surface area (Å²) < 4.78 is 2.02. The number of aryl methyl sites for hydroxylation is 2. The summed E-state index contributed by atoms with van der Waals surface area (Å²) in [7, 11) is 3.94. The molecule has 1 unspecified atom stereocenters. The van der Waals surface area contributed by atoms with Gasteiger partial charge in [-0.25, -0.2) is 4.98 Å². The maximum atomic E-state index is 4.22. The topological polar surface area (TPSA) is 42.7 Å². The molecule has 0 aliphatic heterocycles. The van der Waals surface area contributed by atoms with Crippen LogP contribution in [0.1, 0.15) is 22.9 Å². The fourth-order valence-corrected chi connectivity index (χ4v) is 1.87. The van der Waals surface area contributed by atoms with E-state index in [4.69, 9.17) is 0 Å². The first kappa shape index (κ1) is 10.8. The van der Waals surface area contributed by atoms with Gasteiger partial charge in [0.2, 0.25) is 0 Å². The van der Waals surface area contributed by atoms with Gasteiger partial charge in [0.15, 0.2) is 0 Å². The van der Waals surface area contributed by atoms with Gasteiger partial charge >= 0.3 is 0 Å². The number of imidazole rings is 1. The van der Waals surface area contributed by atoms with Crippen molar-refractivity contribution < 1.29 is 0 Å². The maximum absolute atomic E-state index is 4.22. The lowest BCUT2D eigenvalue weighted by molar-refractivity contribution is 0.635. The average molecular weight is 216 g/mol. The van der Waals surface area contributed by atoms with E-state index in [2.05, 4.69) is 21.4 Å². The number of nitrogens with zero attached hydrogens (tertiary/aromatic N) is 3. The molecular weight excluding hydrogens is 200 g/mol. The van der Waals surface area contributed by atoms with Crippen LogP contribution in [0.15, 0.2) is 31.0 Å². The Labute approximate surface area is 95.4 Å². The number of nitrogens with one attached hydrogen (secondary N) is 1. The van der Waals surface area contributed by atoms with Crippen molar-refractivity contribution in [1.29, 1.82) is 0 Å². The second-order valence-electron chi connectivity index (χ2n) is 3.95. The van der Waals surface area contributed by atoms with E-state index in [1.807, 2.05) is 50.5 Å². The van der Waals surface area contributed by atoms with Gasteiger partial charge < -0.3 is 9.88 Å². The van der Waals surface area contributed by atoms with E-state index in [9.17, 15) is 0 Å². The molecule has 2 aromatic heterocycles. The van der Waals surface area contributed by atoms with E-state index >= 15 is 0 Å². The Balaban J connectivity index is 2.40. The molecule has 0 amide bonds. The van der Waals surface area contributed by atoms with Crippen molar-refractivity contribution in [3.05, 3.63) is 47.8 Å². The van der Waals surface area contributed by atoms with Gasteiger partial charge in [-0.15, -0.1) is 0 Å². The standard InChI is InChI=1S/C12H16N4/c1-9-4-10(6-14-5-9)12(13-2)11-7-15-8-16(11)3/h4-8,12-13H,1-3H3. The maximum Gasteiger partial charge on any atom is 0.0946 e. The van der Waals surface area contributed by atoms with Crippen LogP contribution >= 0.6 is 0 Å². The summed E-state index contributed by atoms with van der Waals surface area (Å²) in [5, 5.41) is 3.29. The highest BCUT2D eigenvalue weighted by Gasteiger charge is 2.15. The minimum atomic E-state index is 0.139. The highest BCUT2D eigenvalue weighted by atomic mass is 15.1. The molecule has 0 bridgehead atoms. The van der Waals surface area contributed by atoms with Gasteiger partial charge in [-0.05, 0) is 25.1 Å². The molecule has 0 spiro atoms. The molecule has 2 rings (SSSR count). The van der Waals surface area contributed by atoms with Gasteiger partial charge in [0.25, 0.3) is 0 Å². The van der Waals surface area contributed by atoms with Crippen LogP contribution < -0.4 is 5.32 Å². The van der Waals surface area contributed by atoms with Crippen molar-refractivity contribution in [2.24, 2.45) is 7.05 Å². The molecule has 0 aliphatic carbocycles. The smallest absolute Gasteiger partial charge is 0.0946 e. The van der Waals surface area contributed by atoms with Crippen LogP contribution in [0.25, 0.3) is 0 Å². The predicted octanol–water partition coefficient (Wildman–Crippen LogP) is 1.43. The molecule has 0 radical (unpaired) electrons. The van der Waals surface area contributed by atoms with Crippen molar-refractivity contribution >= 4 is 0 Å². The van der Waals surface area contributed by atoms with E-state index in [-0.39, 0.29) is 6.04 Å². The van der Waals surface area contributed by atoms with E-state index in [1.54, 1.807) is 0 Å². The molecule has 4 heteroatoms. The van der Waals surface area contributed by atoms with Crippen molar-refractivity contribution in [2.45, 2.75) is 13.0 Å². The largest absolute Gasteiger partial charge is 0.336 e. The monoisotopic (exact) mass is 216 g/mol. The molecule has 0 saturated heterocycles. The Morgan fingerprint density at radius 2 is 2.06 bits per heavy atom. The second-order valence-corrected chi connectivity index (χ2v) is 3.95. The first-order chi connectivity index (χ1) is 7.72. The van der Waals surface area contributed by atoms with Gasteiger partial charge in [-0.3, -0.25) is 4.98 Å². The summed E-state index contributed by atoms with van der Waals surface area (Å²) in [5.74, 6) is 0. The van der Waals surface area contributed by atoms with Gasteiger partial charge in [0.05, 0.1) is 24.3 Å².